The maximum Gasteiger partial charge on any atom is 0.339 e. The molecule has 0 fully saturated rings. The summed E-state index contributed by atoms with van der Waals surface area (Å²) >= 11 is 0. The van der Waals surface area contributed by atoms with Gasteiger partial charge in [-0.2, -0.15) is 0 Å². The van der Waals surface area contributed by atoms with Crippen LogP contribution in [0.15, 0.2) is 26.0 Å². The van der Waals surface area contributed by atoms with Crippen LogP contribution in [0.3, 0.4) is 0 Å². The van der Waals surface area contributed by atoms with E-state index in [4.69, 9.17) is 8.83 Å². The van der Waals surface area contributed by atoms with Crippen molar-refractivity contribution >= 4 is 33.8 Å². The number of aryl methyl sites for hydroxylation is 3. The number of amides is 1. The molecule has 1 N–H and O–H groups in total. The summed E-state index contributed by atoms with van der Waals surface area (Å²) in [7, 11) is 0. The standard InChI is InChI=1S/C21H23NO6/c1-5-16(20(24)25)22-17(23)7-6-13-11(3)15-8-14-10(2)9-27-18(14)12(4)19(15)28-21(13)26/h8-9,16H,5-7H2,1-4H3,(H,22,23)(H,24,25)/p-1/t16-/m0/s1. The van der Waals surface area contributed by atoms with Gasteiger partial charge >= 0.3 is 5.63 Å². The second kappa shape index (κ2) is 7.50. The monoisotopic (exact) mass is 384 g/mol. The highest BCUT2D eigenvalue weighted by Gasteiger charge is 2.18. The van der Waals surface area contributed by atoms with Crippen LogP contribution in [0.4, 0.5) is 0 Å². The smallest absolute Gasteiger partial charge is 0.339 e. The van der Waals surface area contributed by atoms with Crippen LogP contribution < -0.4 is 16.0 Å². The van der Waals surface area contributed by atoms with Gasteiger partial charge in [-0.25, -0.2) is 4.79 Å². The summed E-state index contributed by atoms with van der Waals surface area (Å²) in [5, 5.41) is 15.1. The Morgan fingerprint density at radius 2 is 1.86 bits per heavy atom. The number of hydrogen-bond donors (Lipinski definition) is 1. The minimum absolute atomic E-state index is 0.0210. The number of hydrogen-bond acceptors (Lipinski definition) is 6. The fourth-order valence-electron chi connectivity index (χ4n) is 3.44. The van der Waals surface area contributed by atoms with Gasteiger partial charge in [0.05, 0.1) is 18.3 Å². The summed E-state index contributed by atoms with van der Waals surface area (Å²) in [5.74, 6) is -1.78. The van der Waals surface area contributed by atoms with Crippen LogP contribution in [0, 0.1) is 20.8 Å². The fourth-order valence-corrected chi connectivity index (χ4v) is 3.44. The molecular formula is C21H22NO6-. The molecule has 1 aromatic carbocycles. The van der Waals surface area contributed by atoms with Gasteiger partial charge in [0.25, 0.3) is 0 Å². The van der Waals surface area contributed by atoms with Crippen molar-refractivity contribution in [1.29, 1.82) is 0 Å². The molecule has 0 radical (unpaired) electrons. The molecular weight excluding hydrogens is 362 g/mol. The topological polar surface area (TPSA) is 113 Å². The Morgan fingerprint density at radius 3 is 2.50 bits per heavy atom. The van der Waals surface area contributed by atoms with Gasteiger partial charge in [-0.3, -0.25) is 4.79 Å². The van der Waals surface area contributed by atoms with Crippen molar-refractivity contribution in [2.75, 3.05) is 0 Å². The summed E-state index contributed by atoms with van der Waals surface area (Å²) in [4.78, 5) is 35.5. The molecule has 0 spiro atoms. The number of carboxylic acid groups (broad SMARTS) is 1. The Kier molecular flexibility index (Phi) is 5.27. The van der Waals surface area contributed by atoms with Crippen LogP contribution in [0.5, 0.6) is 0 Å². The van der Waals surface area contributed by atoms with E-state index >= 15 is 0 Å². The van der Waals surface area contributed by atoms with Gasteiger partial charge in [0, 0.05) is 28.3 Å². The van der Waals surface area contributed by atoms with Crippen molar-refractivity contribution in [3.8, 4) is 0 Å². The second-order valence-electron chi connectivity index (χ2n) is 7.01. The van der Waals surface area contributed by atoms with E-state index in [1.807, 2.05) is 26.8 Å². The first-order valence-electron chi connectivity index (χ1n) is 9.18. The number of furan rings is 1. The predicted molar refractivity (Wildman–Crippen MR) is 102 cm³/mol. The highest BCUT2D eigenvalue weighted by molar-refractivity contribution is 5.99. The highest BCUT2D eigenvalue weighted by atomic mass is 16.4. The number of aliphatic carboxylic acids is 1. The van der Waals surface area contributed by atoms with Gasteiger partial charge < -0.3 is 24.1 Å². The number of nitrogens with one attached hydrogen (secondary N) is 1. The second-order valence-corrected chi connectivity index (χ2v) is 7.01. The van der Waals surface area contributed by atoms with Crippen LogP contribution >= 0.6 is 0 Å². The first-order valence-corrected chi connectivity index (χ1v) is 9.18. The zero-order valence-corrected chi connectivity index (χ0v) is 16.3. The summed E-state index contributed by atoms with van der Waals surface area (Å²) in [6.07, 6.45) is 2.02. The number of carbonyl (C=O) groups is 2. The van der Waals surface area contributed by atoms with E-state index in [2.05, 4.69) is 5.32 Å². The van der Waals surface area contributed by atoms with Crippen molar-refractivity contribution in [3.05, 3.63) is 45.0 Å². The molecule has 3 rings (SSSR count). The highest BCUT2D eigenvalue weighted by Crippen LogP contribution is 2.32. The van der Waals surface area contributed by atoms with Gasteiger partial charge in [-0.15, -0.1) is 0 Å². The molecule has 7 heteroatoms. The molecule has 0 bridgehead atoms. The van der Waals surface area contributed by atoms with Gasteiger partial charge in [0.1, 0.15) is 11.2 Å². The number of carbonyl (C=O) groups excluding carboxylic acids is 2. The van der Waals surface area contributed by atoms with E-state index in [0.29, 0.717) is 16.7 Å². The zero-order valence-electron chi connectivity index (χ0n) is 16.3. The van der Waals surface area contributed by atoms with Gasteiger partial charge in [0.15, 0.2) is 0 Å². The summed E-state index contributed by atoms with van der Waals surface area (Å²) in [6.45, 7) is 7.25. The molecule has 7 nitrogen and oxygen atoms in total. The first-order chi connectivity index (χ1) is 13.2. The van der Waals surface area contributed by atoms with Crippen molar-refractivity contribution in [1.82, 2.24) is 5.32 Å². The lowest BCUT2D eigenvalue weighted by Gasteiger charge is -2.17. The summed E-state index contributed by atoms with van der Waals surface area (Å²) < 4.78 is 11.1. The Morgan fingerprint density at radius 1 is 1.14 bits per heavy atom. The van der Waals surface area contributed by atoms with Crippen molar-refractivity contribution in [2.24, 2.45) is 0 Å². The molecule has 1 amide bonds. The molecule has 0 saturated carbocycles. The van der Waals surface area contributed by atoms with Crippen LogP contribution in [0.25, 0.3) is 21.9 Å². The Hall–Kier alpha value is -3.09. The molecule has 0 aliphatic carbocycles. The molecule has 0 saturated heterocycles. The SMILES string of the molecule is CC[C@H](NC(=O)CCc1c(C)c2cc3c(C)coc3c(C)c2oc1=O)C(=O)[O-]. The first kappa shape index (κ1) is 19.7. The molecule has 0 unspecified atom stereocenters. The van der Waals surface area contributed by atoms with E-state index in [1.54, 1.807) is 13.2 Å². The van der Waals surface area contributed by atoms with E-state index in [9.17, 15) is 19.5 Å². The molecule has 3 aromatic rings. The van der Waals surface area contributed by atoms with Crippen LogP contribution in [0.1, 0.15) is 42.0 Å². The molecule has 148 valence electrons. The third-order valence-corrected chi connectivity index (χ3v) is 5.17. The van der Waals surface area contributed by atoms with Crippen molar-refractivity contribution in [3.63, 3.8) is 0 Å². The third-order valence-electron chi connectivity index (χ3n) is 5.17. The van der Waals surface area contributed by atoms with Crippen molar-refractivity contribution < 1.29 is 23.5 Å². The van der Waals surface area contributed by atoms with E-state index in [-0.39, 0.29) is 19.3 Å². The quantitative estimate of drug-likeness (QED) is 0.651. The van der Waals surface area contributed by atoms with E-state index in [0.717, 1.165) is 27.5 Å². The molecule has 2 aromatic heterocycles. The Labute approximate surface area is 161 Å². The largest absolute Gasteiger partial charge is 0.548 e. The number of benzene rings is 1. The average molecular weight is 384 g/mol. The van der Waals surface area contributed by atoms with Crippen LogP contribution in [-0.2, 0) is 16.0 Å². The maximum absolute atomic E-state index is 12.5. The van der Waals surface area contributed by atoms with Crippen LogP contribution in [-0.4, -0.2) is 17.9 Å². The lowest BCUT2D eigenvalue weighted by atomic mass is 9.98. The lowest BCUT2D eigenvalue weighted by Crippen LogP contribution is -2.47. The van der Waals surface area contributed by atoms with Crippen molar-refractivity contribution in [2.45, 2.75) is 53.0 Å². The molecule has 1 atom stereocenters. The molecule has 0 aliphatic rings. The number of fused-ring (bicyclic) bond motifs is 2. The summed E-state index contributed by atoms with van der Waals surface area (Å²) in [5.41, 5.74) is 3.55. The average Bonchev–Trinajstić information content (AvgIpc) is 3.01. The minimum atomic E-state index is -1.33. The summed E-state index contributed by atoms with van der Waals surface area (Å²) in [6, 6.07) is 0.892. The number of rotatable bonds is 6. The van der Waals surface area contributed by atoms with Gasteiger partial charge in [0.2, 0.25) is 5.91 Å². The molecule has 0 aliphatic heterocycles. The van der Waals surface area contributed by atoms with Gasteiger partial charge in [-0.1, -0.05) is 6.92 Å². The lowest BCUT2D eigenvalue weighted by molar-refractivity contribution is -0.308. The van der Waals surface area contributed by atoms with E-state index in [1.165, 1.54) is 0 Å². The fraction of sp³-hybridized carbons (Fsp3) is 0.381. The van der Waals surface area contributed by atoms with Crippen LogP contribution in [0.2, 0.25) is 0 Å². The number of carboxylic acids is 1. The zero-order chi connectivity index (χ0) is 20.6. The van der Waals surface area contributed by atoms with E-state index < -0.39 is 23.5 Å². The van der Waals surface area contributed by atoms with Gasteiger partial charge in [-0.05, 0) is 50.8 Å². The molecule has 28 heavy (non-hydrogen) atoms. The Bertz CT molecular complexity index is 1140. The Balaban J connectivity index is 1.95. The maximum atomic E-state index is 12.5. The predicted octanol–water partition coefficient (Wildman–Crippen LogP) is 2.04. The molecule has 2 heterocycles. The minimum Gasteiger partial charge on any atom is -0.548 e. The third kappa shape index (κ3) is 3.40. The normalized spacial score (nSPS) is 12.4.